The Morgan fingerprint density at radius 1 is 1.77 bits per heavy atom. The zero-order valence-corrected chi connectivity index (χ0v) is 8.30. The number of urea groups is 1. The zero-order valence-electron chi connectivity index (χ0n) is 7.49. The van der Waals surface area contributed by atoms with Crippen molar-refractivity contribution in [2.75, 3.05) is 6.54 Å². The van der Waals surface area contributed by atoms with Gasteiger partial charge in [-0.2, -0.15) is 0 Å². The van der Waals surface area contributed by atoms with Gasteiger partial charge in [0.05, 0.1) is 6.54 Å². The molecule has 72 valence electrons. The van der Waals surface area contributed by atoms with Crippen LogP contribution in [-0.2, 0) is 6.54 Å². The Morgan fingerprint density at radius 2 is 2.54 bits per heavy atom. The van der Waals surface area contributed by atoms with Crippen molar-refractivity contribution in [3.8, 4) is 0 Å². The summed E-state index contributed by atoms with van der Waals surface area (Å²) >= 11 is 1.63. The molecule has 1 aromatic rings. The van der Waals surface area contributed by atoms with Gasteiger partial charge in [-0.1, -0.05) is 6.07 Å². The Balaban J connectivity index is 2.54. The van der Waals surface area contributed by atoms with E-state index < -0.39 is 0 Å². The fourth-order valence-electron chi connectivity index (χ4n) is 1.01. The lowest BCUT2D eigenvalue weighted by Crippen LogP contribution is -2.42. The number of rotatable bonds is 3. The zero-order chi connectivity index (χ0) is 9.68. The quantitative estimate of drug-likeness (QED) is 0.436. The maximum absolute atomic E-state index is 11.2. The third kappa shape index (κ3) is 2.71. The Kier molecular flexibility index (Phi) is 3.72. The number of amides is 2. The maximum atomic E-state index is 11.2. The molecule has 1 aromatic heterocycles. The van der Waals surface area contributed by atoms with Gasteiger partial charge in [0.25, 0.3) is 0 Å². The number of hydrazine groups is 1. The molecule has 13 heavy (non-hydrogen) atoms. The SMILES string of the molecule is CCN(Cc1cccs1)C(=O)NN. The van der Waals surface area contributed by atoms with E-state index >= 15 is 0 Å². The van der Waals surface area contributed by atoms with Crippen LogP contribution >= 0.6 is 11.3 Å². The first kappa shape index (κ1) is 10.0. The minimum absolute atomic E-state index is 0.240. The molecule has 0 unspecified atom stereocenters. The van der Waals surface area contributed by atoms with Crippen LogP contribution in [0.5, 0.6) is 0 Å². The highest BCUT2D eigenvalue weighted by atomic mass is 32.1. The fourth-order valence-corrected chi connectivity index (χ4v) is 1.73. The van der Waals surface area contributed by atoms with Gasteiger partial charge in [-0.25, -0.2) is 10.6 Å². The second-order valence-electron chi connectivity index (χ2n) is 2.54. The molecule has 0 radical (unpaired) electrons. The second kappa shape index (κ2) is 4.84. The van der Waals surface area contributed by atoms with Gasteiger partial charge in [-0.15, -0.1) is 11.3 Å². The Bertz CT molecular complexity index is 260. The van der Waals surface area contributed by atoms with Crippen molar-refractivity contribution in [1.82, 2.24) is 10.3 Å². The van der Waals surface area contributed by atoms with Crippen LogP contribution in [0.25, 0.3) is 0 Å². The van der Waals surface area contributed by atoms with Gasteiger partial charge in [0.1, 0.15) is 0 Å². The first-order valence-corrected chi connectivity index (χ1v) is 4.93. The fraction of sp³-hybridized carbons (Fsp3) is 0.375. The van der Waals surface area contributed by atoms with Crippen LogP contribution in [0, 0.1) is 0 Å². The number of carbonyl (C=O) groups is 1. The standard InChI is InChI=1S/C8H13N3OS/c1-2-11(8(12)10-9)6-7-4-3-5-13-7/h3-5H,2,6,9H2,1H3,(H,10,12). The normalized spacial score (nSPS) is 9.69. The lowest BCUT2D eigenvalue weighted by atomic mass is 10.4. The third-order valence-electron chi connectivity index (χ3n) is 1.72. The van der Waals surface area contributed by atoms with Crippen LogP contribution in [0.1, 0.15) is 11.8 Å². The van der Waals surface area contributed by atoms with E-state index in [0.717, 1.165) is 4.88 Å². The number of hydrogen-bond acceptors (Lipinski definition) is 3. The van der Waals surface area contributed by atoms with Crippen LogP contribution in [0.4, 0.5) is 4.79 Å². The summed E-state index contributed by atoms with van der Waals surface area (Å²) < 4.78 is 0. The number of nitrogens with one attached hydrogen (secondary N) is 1. The number of nitrogens with two attached hydrogens (primary N) is 1. The topological polar surface area (TPSA) is 58.4 Å². The molecular formula is C8H13N3OS. The highest BCUT2D eigenvalue weighted by Gasteiger charge is 2.09. The Morgan fingerprint density at radius 3 is 3.00 bits per heavy atom. The maximum Gasteiger partial charge on any atom is 0.331 e. The first-order chi connectivity index (χ1) is 6.27. The van der Waals surface area contributed by atoms with Gasteiger partial charge in [0.15, 0.2) is 0 Å². The van der Waals surface area contributed by atoms with Crippen LogP contribution in [0.2, 0.25) is 0 Å². The van der Waals surface area contributed by atoms with E-state index in [1.807, 2.05) is 24.4 Å². The van der Waals surface area contributed by atoms with Gasteiger partial charge >= 0.3 is 6.03 Å². The Labute approximate surface area is 81.3 Å². The highest BCUT2D eigenvalue weighted by molar-refractivity contribution is 7.09. The van der Waals surface area contributed by atoms with Gasteiger partial charge in [-0.3, -0.25) is 5.43 Å². The summed E-state index contributed by atoms with van der Waals surface area (Å²) in [5, 5.41) is 1.99. The van der Waals surface area contributed by atoms with Gasteiger partial charge in [0.2, 0.25) is 0 Å². The van der Waals surface area contributed by atoms with Crippen molar-refractivity contribution in [1.29, 1.82) is 0 Å². The van der Waals surface area contributed by atoms with Gasteiger partial charge in [0, 0.05) is 11.4 Å². The summed E-state index contributed by atoms with van der Waals surface area (Å²) in [5.41, 5.74) is 2.12. The van der Waals surface area contributed by atoms with E-state index in [1.54, 1.807) is 16.2 Å². The van der Waals surface area contributed by atoms with E-state index in [2.05, 4.69) is 5.43 Å². The average molecular weight is 199 g/mol. The average Bonchev–Trinajstić information content (AvgIpc) is 2.65. The molecule has 0 saturated heterocycles. The smallest absolute Gasteiger partial charge is 0.319 e. The van der Waals surface area contributed by atoms with Crippen molar-refractivity contribution in [2.24, 2.45) is 5.84 Å². The monoisotopic (exact) mass is 199 g/mol. The molecule has 1 rings (SSSR count). The molecule has 0 aliphatic rings. The van der Waals surface area contributed by atoms with Crippen molar-refractivity contribution in [2.45, 2.75) is 13.5 Å². The number of hydrogen-bond donors (Lipinski definition) is 2. The molecule has 0 saturated carbocycles. The van der Waals surface area contributed by atoms with Crippen molar-refractivity contribution in [3.05, 3.63) is 22.4 Å². The second-order valence-corrected chi connectivity index (χ2v) is 3.58. The minimum Gasteiger partial charge on any atom is -0.319 e. The van der Waals surface area contributed by atoms with E-state index in [1.165, 1.54) is 0 Å². The molecule has 0 fully saturated rings. The lowest BCUT2D eigenvalue weighted by molar-refractivity contribution is 0.199. The van der Waals surface area contributed by atoms with Crippen LogP contribution in [0.15, 0.2) is 17.5 Å². The number of carbonyl (C=O) groups excluding carboxylic acids is 1. The summed E-state index contributed by atoms with van der Waals surface area (Å²) in [7, 11) is 0. The molecule has 0 aromatic carbocycles. The molecule has 0 atom stereocenters. The largest absolute Gasteiger partial charge is 0.331 e. The summed E-state index contributed by atoms with van der Waals surface area (Å²) in [6.07, 6.45) is 0. The number of nitrogens with zero attached hydrogens (tertiary/aromatic N) is 1. The summed E-state index contributed by atoms with van der Waals surface area (Å²) in [6, 6.07) is 3.72. The van der Waals surface area contributed by atoms with E-state index in [0.29, 0.717) is 13.1 Å². The molecule has 3 N–H and O–H groups in total. The van der Waals surface area contributed by atoms with Crippen LogP contribution in [0.3, 0.4) is 0 Å². The lowest BCUT2D eigenvalue weighted by Gasteiger charge is -2.18. The molecule has 5 heteroatoms. The van der Waals surface area contributed by atoms with Crippen molar-refractivity contribution in [3.63, 3.8) is 0 Å². The molecule has 0 aliphatic carbocycles. The summed E-state index contributed by atoms with van der Waals surface area (Å²) in [6.45, 7) is 3.20. The van der Waals surface area contributed by atoms with Crippen molar-refractivity contribution >= 4 is 17.4 Å². The summed E-state index contributed by atoms with van der Waals surface area (Å²) in [5.74, 6) is 5.04. The Hall–Kier alpha value is -1.07. The molecule has 0 spiro atoms. The van der Waals surface area contributed by atoms with E-state index in [9.17, 15) is 4.79 Å². The minimum atomic E-state index is -0.240. The number of thiophene rings is 1. The molecule has 0 bridgehead atoms. The highest BCUT2D eigenvalue weighted by Crippen LogP contribution is 2.11. The molecular weight excluding hydrogens is 186 g/mol. The third-order valence-corrected chi connectivity index (χ3v) is 2.58. The molecule has 0 aliphatic heterocycles. The van der Waals surface area contributed by atoms with Crippen molar-refractivity contribution < 1.29 is 4.79 Å². The van der Waals surface area contributed by atoms with E-state index in [4.69, 9.17) is 5.84 Å². The van der Waals surface area contributed by atoms with Gasteiger partial charge in [-0.05, 0) is 18.4 Å². The van der Waals surface area contributed by atoms with E-state index in [-0.39, 0.29) is 6.03 Å². The first-order valence-electron chi connectivity index (χ1n) is 4.05. The van der Waals surface area contributed by atoms with Gasteiger partial charge < -0.3 is 4.90 Å². The predicted octanol–water partition coefficient (Wildman–Crippen LogP) is 1.15. The summed E-state index contributed by atoms with van der Waals surface area (Å²) in [4.78, 5) is 14.0. The van der Waals surface area contributed by atoms with Crippen LogP contribution < -0.4 is 11.3 Å². The molecule has 2 amide bonds. The predicted molar refractivity (Wildman–Crippen MR) is 53.1 cm³/mol. The van der Waals surface area contributed by atoms with Crippen LogP contribution in [-0.4, -0.2) is 17.5 Å². The molecule has 4 nitrogen and oxygen atoms in total. The molecule has 1 heterocycles.